The Labute approximate surface area is 128 Å². The van der Waals surface area contributed by atoms with Gasteiger partial charge in [-0.05, 0) is 59.1 Å². The van der Waals surface area contributed by atoms with Crippen LogP contribution in [0.25, 0.3) is 0 Å². The zero-order valence-electron chi connectivity index (χ0n) is 13.8. The van der Waals surface area contributed by atoms with Gasteiger partial charge in [0.15, 0.2) is 0 Å². The van der Waals surface area contributed by atoms with Crippen molar-refractivity contribution in [2.24, 2.45) is 0 Å². The van der Waals surface area contributed by atoms with Crippen LogP contribution >= 0.6 is 11.9 Å². The molecule has 0 heterocycles. The Morgan fingerprint density at radius 2 is 1.95 bits per heavy atom. The van der Waals surface area contributed by atoms with Crippen molar-refractivity contribution < 1.29 is 9.53 Å². The van der Waals surface area contributed by atoms with E-state index >= 15 is 0 Å². The summed E-state index contributed by atoms with van der Waals surface area (Å²) in [5, 5.41) is 0. The van der Waals surface area contributed by atoms with E-state index in [1.165, 1.54) is 31.2 Å². The molecule has 1 amide bonds. The average molecular weight is 299 g/mol. The number of carbonyl (C=O) groups is 1. The molecule has 0 aromatic heterocycles. The van der Waals surface area contributed by atoms with Crippen molar-refractivity contribution in [2.75, 3.05) is 5.75 Å². The smallest absolute Gasteiger partial charge is 0.425 e. The van der Waals surface area contributed by atoms with E-state index in [4.69, 9.17) is 4.74 Å². The molecule has 0 aliphatic heterocycles. The zero-order valence-corrected chi connectivity index (χ0v) is 14.6. The van der Waals surface area contributed by atoms with Gasteiger partial charge in [-0.2, -0.15) is 0 Å². The monoisotopic (exact) mass is 299 g/mol. The lowest BCUT2D eigenvalue weighted by atomic mass is 10.2. The molecule has 0 N–H and O–H groups in total. The van der Waals surface area contributed by atoms with Crippen molar-refractivity contribution >= 4 is 18.0 Å². The lowest BCUT2D eigenvalue weighted by molar-refractivity contribution is 0.0442. The second-order valence-corrected chi connectivity index (χ2v) is 6.72. The van der Waals surface area contributed by atoms with E-state index in [-0.39, 0.29) is 6.09 Å². The highest BCUT2D eigenvalue weighted by atomic mass is 32.2. The third kappa shape index (κ3) is 9.11. The van der Waals surface area contributed by atoms with Gasteiger partial charge >= 0.3 is 6.09 Å². The number of allylic oxidation sites excluding steroid dienone is 1. The Kier molecular flexibility index (Phi) is 9.52. The minimum Gasteiger partial charge on any atom is -0.443 e. The molecule has 0 spiro atoms. The molecule has 0 unspecified atom stereocenters. The largest absolute Gasteiger partial charge is 0.443 e. The molecule has 0 saturated carbocycles. The first-order valence-corrected chi connectivity index (χ1v) is 8.30. The summed E-state index contributed by atoms with van der Waals surface area (Å²) in [6.45, 7) is 11.6. The number of hydrogen-bond acceptors (Lipinski definition) is 3. The zero-order chi connectivity index (χ0) is 15.6. The minimum absolute atomic E-state index is 0.315. The van der Waals surface area contributed by atoms with Crippen LogP contribution in [0.3, 0.4) is 0 Å². The Balaban J connectivity index is 4.58. The van der Waals surface area contributed by atoms with Gasteiger partial charge in [-0.15, -0.1) is 5.73 Å². The molecule has 0 aromatic rings. The van der Waals surface area contributed by atoms with Gasteiger partial charge in [-0.3, -0.25) is 0 Å². The van der Waals surface area contributed by atoms with Crippen LogP contribution < -0.4 is 0 Å². The van der Waals surface area contributed by atoms with Crippen LogP contribution in [0.15, 0.2) is 17.5 Å². The van der Waals surface area contributed by atoms with Crippen LogP contribution in [-0.4, -0.2) is 21.8 Å². The predicted octanol–water partition coefficient (Wildman–Crippen LogP) is 5.53. The van der Waals surface area contributed by atoms with Gasteiger partial charge in [0.25, 0.3) is 0 Å². The molecule has 0 saturated heterocycles. The number of carbonyl (C=O) groups excluding carboxylic acids is 1. The molecule has 3 nitrogen and oxygen atoms in total. The van der Waals surface area contributed by atoms with Crippen LogP contribution in [0.5, 0.6) is 0 Å². The maximum atomic E-state index is 12.2. The first-order valence-electron chi connectivity index (χ1n) is 7.35. The number of rotatable bonds is 7. The van der Waals surface area contributed by atoms with E-state index in [2.05, 4.69) is 12.7 Å². The van der Waals surface area contributed by atoms with Crippen LogP contribution in [0.1, 0.15) is 67.2 Å². The first-order chi connectivity index (χ1) is 9.31. The van der Waals surface area contributed by atoms with Gasteiger partial charge in [0.2, 0.25) is 0 Å². The third-order valence-electron chi connectivity index (χ3n) is 2.44. The van der Waals surface area contributed by atoms with E-state index in [1.54, 1.807) is 4.31 Å². The summed E-state index contributed by atoms with van der Waals surface area (Å²) in [5.41, 5.74) is 3.36. The first kappa shape index (κ1) is 19.1. The summed E-state index contributed by atoms with van der Waals surface area (Å²) in [4.78, 5) is 12.2. The Morgan fingerprint density at radius 1 is 1.30 bits per heavy atom. The van der Waals surface area contributed by atoms with Gasteiger partial charge in [0.1, 0.15) is 5.60 Å². The highest BCUT2D eigenvalue weighted by molar-refractivity contribution is 7.97. The fourth-order valence-electron chi connectivity index (χ4n) is 1.54. The van der Waals surface area contributed by atoms with Crippen molar-refractivity contribution in [1.82, 2.24) is 4.31 Å². The topological polar surface area (TPSA) is 29.5 Å². The molecule has 0 aromatic carbocycles. The van der Waals surface area contributed by atoms with E-state index in [9.17, 15) is 4.79 Å². The fourth-order valence-corrected chi connectivity index (χ4v) is 2.45. The molecule has 0 atom stereocenters. The Bertz CT molecular complexity index is 352. The van der Waals surface area contributed by atoms with Gasteiger partial charge in [0, 0.05) is 5.75 Å². The second-order valence-electron chi connectivity index (χ2n) is 5.69. The highest BCUT2D eigenvalue weighted by Gasteiger charge is 2.23. The fraction of sp³-hybridized carbons (Fsp3) is 0.750. The van der Waals surface area contributed by atoms with Gasteiger partial charge in [0.05, 0.1) is 5.70 Å². The number of amides is 1. The third-order valence-corrected chi connectivity index (χ3v) is 3.59. The SMILES string of the molecule is CC=C=C(C)N(SCCCCCC)C(=O)OC(C)(C)C. The summed E-state index contributed by atoms with van der Waals surface area (Å²) in [7, 11) is 0. The molecule has 0 fully saturated rings. The second kappa shape index (κ2) is 9.95. The van der Waals surface area contributed by atoms with Gasteiger partial charge in [-0.1, -0.05) is 26.2 Å². The summed E-state index contributed by atoms with van der Waals surface area (Å²) < 4.78 is 7.05. The molecule has 0 aliphatic carbocycles. The van der Waals surface area contributed by atoms with E-state index in [0.717, 1.165) is 17.9 Å². The Morgan fingerprint density at radius 3 is 2.45 bits per heavy atom. The molecule has 0 bridgehead atoms. The van der Waals surface area contributed by atoms with Crippen LogP contribution in [0, 0.1) is 0 Å². The molecule has 0 rings (SSSR count). The highest BCUT2D eigenvalue weighted by Crippen LogP contribution is 2.22. The van der Waals surface area contributed by atoms with Crippen molar-refractivity contribution in [3.63, 3.8) is 0 Å². The molecule has 4 heteroatoms. The summed E-state index contributed by atoms with van der Waals surface area (Å²) in [6, 6.07) is 0. The number of unbranched alkanes of at least 4 members (excludes halogenated alkanes) is 3. The van der Waals surface area contributed by atoms with Crippen LogP contribution in [-0.2, 0) is 4.74 Å². The molecular formula is C16H29NO2S. The van der Waals surface area contributed by atoms with Crippen molar-refractivity contribution in [3.05, 3.63) is 17.5 Å². The minimum atomic E-state index is -0.478. The number of nitrogens with zero attached hydrogens (tertiary/aromatic N) is 1. The van der Waals surface area contributed by atoms with Crippen molar-refractivity contribution in [3.8, 4) is 0 Å². The summed E-state index contributed by atoms with van der Waals surface area (Å²) in [5.74, 6) is 0.919. The molecule has 20 heavy (non-hydrogen) atoms. The Hall–Kier alpha value is -0.860. The standard InChI is InChI=1S/C16H29NO2S/c1-7-9-10-11-13-20-17(14(3)12-8-2)15(18)19-16(4,5)6/h8H,7,9-11,13H2,1-6H3. The molecular weight excluding hydrogens is 270 g/mol. The summed E-state index contributed by atoms with van der Waals surface area (Å²) in [6.07, 6.45) is 6.28. The van der Waals surface area contributed by atoms with Crippen molar-refractivity contribution in [1.29, 1.82) is 0 Å². The quantitative estimate of drug-likeness (QED) is 0.351. The van der Waals surface area contributed by atoms with Gasteiger partial charge in [-0.25, -0.2) is 9.10 Å². The normalized spacial score (nSPS) is 10.7. The number of ether oxygens (including phenoxy) is 1. The predicted molar refractivity (Wildman–Crippen MR) is 87.6 cm³/mol. The average Bonchev–Trinajstić information content (AvgIpc) is 2.31. The lowest BCUT2D eigenvalue weighted by Crippen LogP contribution is -2.32. The van der Waals surface area contributed by atoms with E-state index in [1.807, 2.05) is 40.7 Å². The van der Waals surface area contributed by atoms with Gasteiger partial charge < -0.3 is 4.74 Å². The van der Waals surface area contributed by atoms with E-state index in [0.29, 0.717) is 0 Å². The van der Waals surface area contributed by atoms with Crippen LogP contribution in [0.2, 0.25) is 0 Å². The lowest BCUT2D eigenvalue weighted by Gasteiger charge is -2.26. The van der Waals surface area contributed by atoms with Crippen molar-refractivity contribution in [2.45, 2.75) is 72.8 Å². The molecule has 0 radical (unpaired) electrons. The molecule has 0 aliphatic rings. The number of hydrogen-bond donors (Lipinski definition) is 0. The summed E-state index contributed by atoms with van der Waals surface area (Å²) >= 11 is 1.51. The maximum absolute atomic E-state index is 12.2. The maximum Gasteiger partial charge on any atom is 0.425 e. The molecule has 116 valence electrons. The van der Waals surface area contributed by atoms with Crippen LogP contribution in [0.4, 0.5) is 4.79 Å². The van der Waals surface area contributed by atoms with E-state index < -0.39 is 5.60 Å².